The Morgan fingerprint density at radius 1 is 1.24 bits per heavy atom. The zero-order valence-electron chi connectivity index (χ0n) is 19.2. The highest BCUT2D eigenvalue weighted by Crippen LogP contribution is 2.40. The molecule has 1 fully saturated rings. The standard InChI is InChI=1S/C25H27FN4O3S/c1-15(31)27-21-19-12-16(26)9-10-20(19)29-14-25(2,24(33)28-17-6-3-4-7-17)30(23(32)22(21)29)13-18-8-5-11-34-18/h5,8-12,17H,3-4,6-7,13-14H2,1-2H3,(H,27,31)(H,28,33). The van der Waals surface area contributed by atoms with Gasteiger partial charge in [0.1, 0.15) is 17.1 Å². The predicted octanol–water partition coefficient (Wildman–Crippen LogP) is 4.27. The highest BCUT2D eigenvalue weighted by Gasteiger charge is 2.49. The summed E-state index contributed by atoms with van der Waals surface area (Å²) in [4.78, 5) is 42.3. The van der Waals surface area contributed by atoms with E-state index in [4.69, 9.17) is 0 Å². The van der Waals surface area contributed by atoms with E-state index in [1.165, 1.54) is 30.4 Å². The molecule has 1 aromatic carbocycles. The summed E-state index contributed by atoms with van der Waals surface area (Å²) in [6, 6.07) is 8.19. The molecule has 7 nitrogen and oxygen atoms in total. The van der Waals surface area contributed by atoms with Gasteiger partial charge in [-0.1, -0.05) is 18.9 Å². The third-order valence-corrected chi connectivity index (χ3v) is 7.77. The maximum Gasteiger partial charge on any atom is 0.273 e. The number of carbonyl (C=O) groups excluding carboxylic acids is 3. The minimum atomic E-state index is -1.16. The SMILES string of the molecule is CC(=O)Nc1c2n(c3ccc(F)cc13)CC(C)(C(=O)NC1CCCC1)N(Cc1cccs1)C2=O. The third kappa shape index (κ3) is 3.77. The molecule has 5 rings (SSSR count). The van der Waals surface area contributed by atoms with Crippen molar-refractivity contribution in [1.82, 2.24) is 14.8 Å². The number of halogens is 1. The van der Waals surface area contributed by atoms with Gasteiger partial charge in [0.15, 0.2) is 0 Å². The quantitative estimate of drug-likeness (QED) is 0.570. The van der Waals surface area contributed by atoms with Crippen molar-refractivity contribution in [2.75, 3.05) is 5.32 Å². The van der Waals surface area contributed by atoms with Gasteiger partial charge in [-0.25, -0.2) is 4.39 Å². The normalized spacial score (nSPS) is 20.6. The van der Waals surface area contributed by atoms with Crippen LogP contribution in [0.15, 0.2) is 35.7 Å². The molecule has 3 amide bonds. The van der Waals surface area contributed by atoms with E-state index >= 15 is 0 Å². The molecule has 1 atom stereocenters. The summed E-state index contributed by atoms with van der Waals surface area (Å²) in [5.74, 6) is -1.39. The van der Waals surface area contributed by atoms with Crippen LogP contribution in [0, 0.1) is 5.82 Å². The molecule has 3 heterocycles. The molecule has 1 aliphatic carbocycles. The summed E-state index contributed by atoms with van der Waals surface area (Å²) >= 11 is 1.52. The van der Waals surface area contributed by atoms with Crippen molar-refractivity contribution in [3.05, 3.63) is 52.1 Å². The first-order valence-corrected chi connectivity index (χ1v) is 12.4. The Labute approximate surface area is 200 Å². The van der Waals surface area contributed by atoms with Crippen LogP contribution in [-0.4, -0.2) is 38.8 Å². The number of nitrogens with zero attached hydrogens (tertiary/aromatic N) is 2. The number of rotatable bonds is 5. The molecule has 9 heteroatoms. The minimum absolute atomic E-state index is 0.106. The Kier molecular flexibility index (Phi) is 5.67. The maximum absolute atomic E-state index is 14.2. The number of carbonyl (C=O) groups is 3. The first kappa shape index (κ1) is 22.6. The lowest BCUT2D eigenvalue weighted by Crippen LogP contribution is -2.64. The van der Waals surface area contributed by atoms with Gasteiger partial charge in [0.25, 0.3) is 5.91 Å². The number of hydrogen-bond donors (Lipinski definition) is 2. The lowest BCUT2D eigenvalue weighted by atomic mass is 9.93. The van der Waals surface area contributed by atoms with Gasteiger partial charge in [-0.3, -0.25) is 14.4 Å². The molecular weight excluding hydrogens is 455 g/mol. The van der Waals surface area contributed by atoms with E-state index in [-0.39, 0.29) is 48.2 Å². The van der Waals surface area contributed by atoms with Crippen LogP contribution in [0.3, 0.4) is 0 Å². The monoisotopic (exact) mass is 482 g/mol. The first-order chi connectivity index (χ1) is 16.3. The molecule has 1 aliphatic heterocycles. The molecule has 3 aromatic rings. The summed E-state index contributed by atoms with van der Waals surface area (Å²) in [7, 11) is 0. The Balaban J connectivity index is 1.65. The summed E-state index contributed by atoms with van der Waals surface area (Å²) in [5.41, 5.74) is -0.0195. The maximum atomic E-state index is 14.2. The molecule has 34 heavy (non-hydrogen) atoms. The second-order valence-corrected chi connectivity index (χ2v) is 10.4. The van der Waals surface area contributed by atoms with Gasteiger partial charge in [0, 0.05) is 23.2 Å². The molecule has 0 radical (unpaired) electrons. The highest BCUT2D eigenvalue weighted by molar-refractivity contribution is 7.09. The minimum Gasteiger partial charge on any atom is -0.351 e. The van der Waals surface area contributed by atoms with Crippen LogP contribution >= 0.6 is 11.3 Å². The van der Waals surface area contributed by atoms with Crippen LogP contribution < -0.4 is 10.6 Å². The van der Waals surface area contributed by atoms with Gasteiger partial charge in [0.05, 0.1) is 24.3 Å². The fraction of sp³-hybridized carbons (Fsp3) is 0.400. The van der Waals surface area contributed by atoms with Crippen molar-refractivity contribution in [3.63, 3.8) is 0 Å². The smallest absolute Gasteiger partial charge is 0.273 e. The van der Waals surface area contributed by atoms with E-state index in [9.17, 15) is 18.8 Å². The zero-order chi connectivity index (χ0) is 24.0. The van der Waals surface area contributed by atoms with Gasteiger partial charge in [-0.2, -0.15) is 0 Å². The van der Waals surface area contributed by atoms with Crippen molar-refractivity contribution in [2.24, 2.45) is 0 Å². The first-order valence-electron chi connectivity index (χ1n) is 11.5. The van der Waals surface area contributed by atoms with Crippen LogP contribution in [0.2, 0.25) is 0 Å². The number of hydrogen-bond acceptors (Lipinski definition) is 4. The van der Waals surface area contributed by atoms with Gasteiger partial charge in [-0.05, 0) is 49.4 Å². The van der Waals surface area contributed by atoms with Crippen LogP contribution in [-0.2, 0) is 22.7 Å². The van der Waals surface area contributed by atoms with Crippen molar-refractivity contribution >= 4 is 45.6 Å². The average Bonchev–Trinajstić information content (AvgIpc) is 3.53. The molecule has 0 saturated heterocycles. The number of aromatic nitrogens is 1. The summed E-state index contributed by atoms with van der Waals surface area (Å²) in [6.07, 6.45) is 4.03. The number of nitrogens with one attached hydrogen (secondary N) is 2. The number of anilines is 1. The van der Waals surface area contributed by atoms with Crippen LogP contribution in [0.1, 0.15) is 54.9 Å². The fourth-order valence-corrected chi connectivity index (χ4v) is 5.86. The molecule has 2 aliphatic rings. The van der Waals surface area contributed by atoms with E-state index in [0.29, 0.717) is 10.9 Å². The van der Waals surface area contributed by atoms with Crippen LogP contribution in [0.4, 0.5) is 10.1 Å². The van der Waals surface area contributed by atoms with Gasteiger partial charge < -0.3 is 20.1 Å². The van der Waals surface area contributed by atoms with Gasteiger partial charge in [0.2, 0.25) is 11.8 Å². The second-order valence-electron chi connectivity index (χ2n) is 9.35. The third-order valence-electron chi connectivity index (χ3n) is 6.91. The molecular formula is C25H27FN4O3S. The van der Waals surface area contributed by atoms with Crippen molar-refractivity contribution in [3.8, 4) is 0 Å². The summed E-state index contributed by atoms with van der Waals surface area (Å²) < 4.78 is 15.9. The summed E-state index contributed by atoms with van der Waals surface area (Å²) in [5, 5.41) is 8.28. The molecule has 178 valence electrons. The largest absolute Gasteiger partial charge is 0.351 e. The van der Waals surface area contributed by atoms with E-state index < -0.39 is 11.4 Å². The Morgan fingerprint density at radius 3 is 2.68 bits per heavy atom. The van der Waals surface area contributed by atoms with Crippen molar-refractivity contribution in [2.45, 2.75) is 64.2 Å². The van der Waals surface area contributed by atoms with Crippen molar-refractivity contribution in [1.29, 1.82) is 0 Å². The molecule has 1 unspecified atom stereocenters. The number of fused-ring (bicyclic) bond motifs is 3. The van der Waals surface area contributed by atoms with Crippen molar-refractivity contribution < 1.29 is 18.8 Å². The molecule has 0 bridgehead atoms. The van der Waals surface area contributed by atoms with E-state index in [0.717, 1.165) is 30.6 Å². The van der Waals surface area contributed by atoms with E-state index in [2.05, 4.69) is 10.6 Å². The van der Waals surface area contributed by atoms with Gasteiger partial charge in [-0.15, -0.1) is 11.3 Å². The highest BCUT2D eigenvalue weighted by atomic mass is 32.1. The fourth-order valence-electron chi connectivity index (χ4n) is 5.17. The number of amides is 3. The number of benzene rings is 1. The average molecular weight is 483 g/mol. The zero-order valence-corrected chi connectivity index (χ0v) is 20.0. The van der Waals surface area contributed by atoms with Gasteiger partial charge >= 0.3 is 0 Å². The van der Waals surface area contributed by atoms with Crippen LogP contribution in [0.5, 0.6) is 0 Å². The predicted molar refractivity (Wildman–Crippen MR) is 129 cm³/mol. The molecule has 1 saturated carbocycles. The molecule has 2 N–H and O–H groups in total. The Morgan fingerprint density at radius 2 is 2.00 bits per heavy atom. The molecule has 2 aromatic heterocycles. The second kappa shape index (κ2) is 8.54. The Hall–Kier alpha value is -3.20. The van der Waals surface area contributed by atoms with E-state index in [1.54, 1.807) is 22.5 Å². The summed E-state index contributed by atoms with van der Waals surface area (Å²) in [6.45, 7) is 3.60. The lowest BCUT2D eigenvalue weighted by Gasteiger charge is -2.44. The van der Waals surface area contributed by atoms with E-state index in [1.807, 2.05) is 17.5 Å². The lowest BCUT2D eigenvalue weighted by molar-refractivity contribution is -0.133. The number of thiophene rings is 1. The van der Waals surface area contributed by atoms with Crippen LogP contribution in [0.25, 0.3) is 10.9 Å². The Bertz CT molecular complexity index is 1280. The topological polar surface area (TPSA) is 83.4 Å². The molecule has 0 spiro atoms.